The predicted octanol–water partition coefficient (Wildman–Crippen LogP) is 6.06. The van der Waals surface area contributed by atoms with E-state index in [2.05, 4.69) is 4.98 Å². The number of pyridine rings is 1. The van der Waals surface area contributed by atoms with Gasteiger partial charge >= 0.3 is 0 Å². The zero-order valence-corrected chi connectivity index (χ0v) is 13.9. The molecule has 0 amide bonds. The minimum absolute atomic E-state index is 0.0679. The van der Waals surface area contributed by atoms with Crippen LogP contribution in [0.5, 0.6) is 5.75 Å². The van der Waals surface area contributed by atoms with Gasteiger partial charge in [-0.1, -0.05) is 54.8 Å². The Morgan fingerprint density at radius 1 is 1.04 bits per heavy atom. The van der Waals surface area contributed by atoms with E-state index >= 15 is 4.39 Å². The number of hydrogen-bond acceptors (Lipinski definition) is 2. The number of rotatable bonds is 2. The maximum Gasteiger partial charge on any atom is 0.139 e. The van der Waals surface area contributed by atoms with Gasteiger partial charge in [0, 0.05) is 28.1 Å². The molecule has 1 heterocycles. The molecule has 0 saturated heterocycles. The lowest BCUT2D eigenvalue weighted by molar-refractivity contribution is 0.477. The molecule has 0 unspecified atom stereocenters. The molecule has 0 radical (unpaired) electrons. The topological polar surface area (TPSA) is 33.1 Å². The summed E-state index contributed by atoms with van der Waals surface area (Å²) >= 11 is 6.21. The van der Waals surface area contributed by atoms with Gasteiger partial charge in [0.25, 0.3) is 0 Å². The van der Waals surface area contributed by atoms with Crippen LogP contribution in [0.2, 0.25) is 5.15 Å². The third-order valence-electron chi connectivity index (χ3n) is 4.96. The first kappa shape index (κ1) is 15.4. The number of para-hydroxylation sites is 1. The molecule has 2 aromatic carbocycles. The Hall–Kier alpha value is -2.13. The van der Waals surface area contributed by atoms with Gasteiger partial charge in [0.15, 0.2) is 0 Å². The van der Waals surface area contributed by atoms with Crippen LogP contribution in [-0.2, 0) is 0 Å². The van der Waals surface area contributed by atoms with Crippen molar-refractivity contribution >= 4 is 22.4 Å². The Morgan fingerprint density at radius 2 is 1.79 bits per heavy atom. The molecule has 0 aliphatic heterocycles. The standard InChI is InChI=1S/C20H17ClFNO/c21-20-15-10-9-14(13-7-3-4-8-17(13)24)19(22)18(15)16(11-23-20)12-5-1-2-6-12/h3-4,7-12,24H,1-2,5-6H2. The van der Waals surface area contributed by atoms with Crippen LogP contribution in [0.3, 0.4) is 0 Å². The minimum atomic E-state index is -0.333. The molecule has 1 aliphatic rings. The Morgan fingerprint density at radius 3 is 2.54 bits per heavy atom. The third kappa shape index (κ3) is 2.44. The van der Waals surface area contributed by atoms with Gasteiger partial charge in [-0.15, -0.1) is 0 Å². The largest absolute Gasteiger partial charge is 0.507 e. The zero-order chi connectivity index (χ0) is 16.7. The quantitative estimate of drug-likeness (QED) is 0.575. The van der Waals surface area contributed by atoms with E-state index in [1.165, 1.54) is 0 Å². The van der Waals surface area contributed by atoms with Gasteiger partial charge in [-0.25, -0.2) is 9.37 Å². The lowest BCUT2D eigenvalue weighted by Gasteiger charge is -2.16. The molecule has 4 rings (SSSR count). The summed E-state index contributed by atoms with van der Waals surface area (Å²) < 4.78 is 15.4. The summed E-state index contributed by atoms with van der Waals surface area (Å²) in [4.78, 5) is 4.26. The normalized spacial score (nSPS) is 15.2. The molecular formula is C20H17ClFNO. The first-order valence-corrected chi connectivity index (χ1v) is 8.59. The van der Waals surface area contributed by atoms with Gasteiger partial charge in [-0.2, -0.15) is 0 Å². The lowest BCUT2D eigenvalue weighted by atomic mass is 9.91. The van der Waals surface area contributed by atoms with Crippen molar-refractivity contribution in [2.24, 2.45) is 0 Å². The Bertz CT molecular complexity index is 919. The number of hydrogen-bond donors (Lipinski definition) is 1. The summed E-state index contributed by atoms with van der Waals surface area (Å²) in [5, 5.41) is 11.6. The summed E-state index contributed by atoms with van der Waals surface area (Å²) in [6, 6.07) is 10.3. The van der Waals surface area contributed by atoms with Crippen molar-refractivity contribution in [1.82, 2.24) is 4.98 Å². The van der Waals surface area contributed by atoms with Gasteiger partial charge in [-0.3, -0.25) is 0 Å². The molecule has 1 fully saturated rings. The second-order valence-corrected chi connectivity index (χ2v) is 6.71. The molecule has 4 heteroatoms. The first-order chi connectivity index (χ1) is 11.7. The number of phenolic OH excluding ortho intramolecular Hbond substituents is 1. The maximum absolute atomic E-state index is 15.4. The van der Waals surface area contributed by atoms with Crippen LogP contribution in [0.4, 0.5) is 4.39 Å². The number of benzene rings is 2. The molecule has 3 aromatic rings. The molecule has 1 aromatic heterocycles. The predicted molar refractivity (Wildman–Crippen MR) is 95.0 cm³/mol. The highest BCUT2D eigenvalue weighted by molar-refractivity contribution is 6.34. The number of halogens is 2. The molecule has 24 heavy (non-hydrogen) atoms. The van der Waals surface area contributed by atoms with Crippen LogP contribution in [0.25, 0.3) is 21.9 Å². The molecule has 0 atom stereocenters. The number of aromatic nitrogens is 1. The fourth-order valence-corrected chi connectivity index (χ4v) is 3.95. The van der Waals surface area contributed by atoms with Crippen molar-refractivity contribution < 1.29 is 9.50 Å². The fraction of sp³-hybridized carbons (Fsp3) is 0.250. The van der Waals surface area contributed by atoms with Crippen LogP contribution in [0.15, 0.2) is 42.6 Å². The van der Waals surface area contributed by atoms with Crippen LogP contribution in [-0.4, -0.2) is 10.1 Å². The smallest absolute Gasteiger partial charge is 0.139 e. The van der Waals surface area contributed by atoms with Crippen LogP contribution < -0.4 is 0 Å². The first-order valence-electron chi connectivity index (χ1n) is 8.22. The highest BCUT2D eigenvalue weighted by Gasteiger charge is 2.24. The van der Waals surface area contributed by atoms with E-state index in [-0.39, 0.29) is 11.6 Å². The summed E-state index contributed by atoms with van der Waals surface area (Å²) in [7, 11) is 0. The molecule has 1 aliphatic carbocycles. The van der Waals surface area contributed by atoms with Crippen molar-refractivity contribution in [2.75, 3.05) is 0 Å². The van der Waals surface area contributed by atoms with Gasteiger partial charge in [0.1, 0.15) is 16.7 Å². The van der Waals surface area contributed by atoms with Gasteiger partial charge in [0.2, 0.25) is 0 Å². The minimum Gasteiger partial charge on any atom is -0.507 e. The van der Waals surface area contributed by atoms with E-state index in [4.69, 9.17) is 11.6 Å². The number of fused-ring (bicyclic) bond motifs is 1. The van der Waals surface area contributed by atoms with E-state index in [0.29, 0.717) is 33.0 Å². The van der Waals surface area contributed by atoms with Crippen molar-refractivity contribution in [1.29, 1.82) is 0 Å². The zero-order valence-electron chi connectivity index (χ0n) is 13.1. The second kappa shape index (κ2) is 6.06. The molecular weight excluding hydrogens is 325 g/mol. The van der Waals surface area contributed by atoms with Crippen molar-refractivity contribution in [3.05, 3.63) is 59.1 Å². The third-order valence-corrected chi connectivity index (χ3v) is 5.26. The van der Waals surface area contributed by atoms with Crippen LogP contribution in [0.1, 0.15) is 37.2 Å². The molecule has 2 nitrogen and oxygen atoms in total. The van der Waals surface area contributed by atoms with E-state index in [0.717, 1.165) is 31.2 Å². The fourth-order valence-electron chi connectivity index (χ4n) is 3.75. The monoisotopic (exact) mass is 341 g/mol. The molecule has 0 bridgehead atoms. The van der Waals surface area contributed by atoms with Crippen molar-refractivity contribution in [2.45, 2.75) is 31.6 Å². The van der Waals surface area contributed by atoms with Gasteiger partial charge in [0.05, 0.1) is 0 Å². The molecule has 1 N–H and O–H groups in total. The van der Waals surface area contributed by atoms with Crippen LogP contribution >= 0.6 is 11.6 Å². The number of phenols is 1. The summed E-state index contributed by atoms with van der Waals surface area (Å²) in [5.74, 6) is 0.0601. The lowest BCUT2D eigenvalue weighted by Crippen LogP contribution is -1.99. The van der Waals surface area contributed by atoms with Crippen molar-refractivity contribution in [3.63, 3.8) is 0 Å². The van der Waals surface area contributed by atoms with E-state index in [1.54, 1.807) is 42.6 Å². The average molecular weight is 342 g/mol. The second-order valence-electron chi connectivity index (χ2n) is 6.35. The highest BCUT2D eigenvalue weighted by atomic mass is 35.5. The number of aromatic hydroxyl groups is 1. The molecule has 0 spiro atoms. The number of nitrogens with zero attached hydrogens (tertiary/aromatic N) is 1. The summed E-state index contributed by atoms with van der Waals surface area (Å²) in [6.45, 7) is 0. The average Bonchev–Trinajstić information content (AvgIpc) is 3.11. The summed E-state index contributed by atoms with van der Waals surface area (Å²) in [6.07, 6.45) is 6.15. The van der Waals surface area contributed by atoms with Crippen LogP contribution in [0, 0.1) is 5.82 Å². The molecule has 122 valence electrons. The van der Waals surface area contributed by atoms with Gasteiger partial charge < -0.3 is 5.11 Å². The Balaban J connectivity index is 2.00. The highest BCUT2D eigenvalue weighted by Crippen LogP contribution is 2.42. The van der Waals surface area contributed by atoms with Crippen molar-refractivity contribution in [3.8, 4) is 16.9 Å². The van der Waals surface area contributed by atoms with E-state index < -0.39 is 0 Å². The van der Waals surface area contributed by atoms with Gasteiger partial charge in [-0.05, 0) is 30.4 Å². The maximum atomic E-state index is 15.4. The Labute approximate surface area is 144 Å². The Kier molecular flexibility index (Phi) is 3.89. The molecule has 1 saturated carbocycles. The SMILES string of the molecule is Oc1ccccc1-c1ccc2c(Cl)ncc(C3CCCC3)c2c1F. The van der Waals surface area contributed by atoms with E-state index in [9.17, 15) is 5.11 Å². The summed E-state index contributed by atoms with van der Waals surface area (Å²) in [5.41, 5.74) is 1.81. The van der Waals surface area contributed by atoms with E-state index in [1.807, 2.05) is 0 Å².